The molecule has 1 N–H and O–H groups in total. The molecule has 0 aliphatic carbocycles. The van der Waals surface area contributed by atoms with Crippen LogP contribution >= 0.6 is 0 Å². The van der Waals surface area contributed by atoms with Crippen molar-refractivity contribution in [3.63, 3.8) is 0 Å². The topological polar surface area (TPSA) is 110 Å². The van der Waals surface area contributed by atoms with E-state index in [1.165, 1.54) is 13.2 Å². The number of ether oxygens (including phenoxy) is 1. The fraction of sp³-hybridized carbons (Fsp3) is 0.250. The van der Waals surface area contributed by atoms with Crippen LogP contribution in [-0.4, -0.2) is 49.9 Å². The minimum Gasteiger partial charge on any atom is -0.504 e. The number of carbonyl (C=O) groups excluding carboxylic acids is 1. The number of fused-ring (bicyclic) bond motifs is 1. The lowest BCUT2D eigenvalue weighted by molar-refractivity contribution is 0.0591. The maximum atomic E-state index is 11.7. The lowest BCUT2D eigenvalue weighted by atomic mass is 10.2. The van der Waals surface area contributed by atoms with Gasteiger partial charge < -0.3 is 9.84 Å². The Kier molecular flexibility index (Phi) is 3.69. The van der Waals surface area contributed by atoms with Crippen molar-refractivity contribution in [3.8, 4) is 5.75 Å². The Morgan fingerprint density at radius 1 is 1.43 bits per heavy atom. The van der Waals surface area contributed by atoms with Crippen LogP contribution in [0.3, 0.4) is 0 Å². The van der Waals surface area contributed by atoms with Crippen molar-refractivity contribution in [1.82, 2.24) is 9.97 Å². The summed E-state index contributed by atoms with van der Waals surface area (Å²) in [6.07, 6.45) is 2.41. The second kappa shape index (κ2) is 5.17. The van der Waals surface area contributed by atoms with Gasteiger partial charge in [-0.1, -0.05) is 0 Å². The van der Waals surface area contributed by atoms with Crippen molar-refractivity contribution < 1.29 is 23.1 Å². The van der Waals surface area contributed by atoms with Gasteiger partial charge in [0.05, 0.1) is 13.4 Å². The standard InChI is InChI=1S/C12H13N3O5S/c1-15(21(3,18)19)11-7-5-4-6-13-8(7)10(16)9(14-11)12(17)20-2/h4-6,16H,1-3H3. The number of rotatable bonds is 3. The van der Waals surface area contributed by atoms with Crippen molar-refractivity contribution in [2.75, 3.05) is 24.7 Å². The molecule has 0 saturated heterocycles. The van der Waals surface area contributed by atoms with E-state index in [1.54, 1.807) is 12.1 Å². The summed E-state index contributed by atoms with van der Waals surface area (Å²) in [6, 6.07) is 3.12. The fourth-order valence-corrected chi connectivity index (χ4v) is 2.20. The molecule has 2 aromatic rings. The van der Waals surface area contributed by atoms with Gasteiger partial charge in [-0.2, -0.15) is 0 Å². The van der Waals surface area contributed by atoms with E-state index in [1.807, 2.05) is 0 Å². The van der Waals surface area contributed by atoms with Gasteiger partial charge in [0, 0.05) is 18.6 Å². The highest BCUT2D eigenvalue weighted by Crippen LogP contribution is 2.32. The second-order valence-corrected chi connectivity index (χ2v) is 6.27. The molecule has 0 bridgehead atoms. The number of sulfonamides is 1. The van der Waals surface area contributed by atoms with E-state index in [9.17, 15) is 18.3 Å². The summed E-state index contributed by atoms with van der Waals surface area (Å²) in [6.45, 7) is 0. The van der Waals surface area contributed by atoms with Gasteiger partial charge in [-0.05, 0) is 12.1 Å². The first-order chi connectivity index (χ1) is 9.77. The first kappa shape index (κ1) is 15.0. The summed E-state index contributed by atoms with van der Waals surface area (Å²) < 4.78 is 28.8. The Bertz CT molecular complexity index is 819. The highest BCUT2D eigenvalue weighted by Gasteiger charge is 2.24. The summed E-state index contributed by atoms with van der Waals surface area (Å²) in [4.78, 5) is 19.5. The summed E-state index contributed by atoms with van der Waals surface area (Å²) >= 11 is 0. The largest absolute Gasteiger partial charge is 0.504 e. The highest BCUT2D eigenvalue weighted by molar-refractivity contribution is 7.92. The van der Waals surface area contributed by atoms with E-state index in [2.05, 4.69) is 14.7 Å². The van der Waals surface area contributed by atoms with Gasteiger partial charge in [0.1, 0.15) is 5.52 Å². The van der Waals surface area contributed by atoms with Gasteiger partial charge in [-0.15, -0.1) is 0 Å². The Hall–Kier alpha value is -2.42. The predicted octanol–water partition coefficient (Wildman–Crippen LogP) is 0.518. The highest BCUT2D eigenvalue weighted by atomic mass is 32.2. The van der Waals surface area contributed by atoms with E-state index in [-0.39, 0.29) is 11.3 Å². The molecule has 9 heteroatoms. The van der Waals surface area contributed by atoms with Gasteiger partial charge in [0.15, 0.2) is 17.3 Å². The number of aromatic hydroxyl groups is 1. The molecule has 0 aromatic carbocycles. The monoisotopic (exact) mass is 311 g/mol. The first-order valence-corrected chi connectivity index (χ1v) is 7.62. The number of nitrogens with zero attached hydrogens (tertiary/aromatic N) is 3. The molecule has 0 aliphatic rings. The van der Waals surface area contributed by atoms with E-state index < -0.39 is 27.4 Å². The third-order valence-corrected chi connectivity index (χ3v) is 4.06. The Morgan fingerprint density at radius 2 is 2.10 bits per heavy atom. The van der Waals surface area contributed by atoms with Crippen molar-refractivity contribution in [1.29, 1.82) is 0 Å². The number of hydrogen-bond acceptors (Lipinski definition) is 7. The van der Waals surface area contributed by atoms with Crippen LogP contribution in [0.4, 0.5) is 5.82 Å². The minimum atomic E-state index is -3.60. The molecule has 8 nitrogen and oxygen atoms in total. The molecule has 112 valence electrons. The fourth-order valence-electron chi connectivity index (χ4n) is 1.74. The average Bonchev–Trinajstić information content (AvgIpc) is 2.45. The number of esters is 1. The molecular formula is C12H13N3O5S. The molecule has 0 unspecified atom stereocenters. The van der Waals surface area contributed by atoms with Crippen molar-refractivity contribution in [3.05, 3.63) is 24.0 Å². The molecule has 0 spiro atoms. The maximum absolute atomic E-state index is 11.7. The number of aromatic nitrogens is 2. The molecule has 2 heterocycles. The molecule has 0 saturated carbocycles. The molecule has 0 aliphatic heterocycles. The van der Waals surface area contributed by atoms with Crippen molar-refractivity contribution in [2.45, 2.75) is 0 Å². The van der Waals surface area contributed by atoms with E-state index in [0.29, 0.717) is 5.39 Å². The molecule has 0 atom stereocenters. The van der Waals surface area contributed by atoms with E-state index >= 15 is 0 Å². The van der Waals surface area contributed by atoms with Crippen molar-refractivity contribution in [2.24, 2.45) is 0 Å². The second-order valence-electron chi connectivity index (χ2n) is 4.25. The number of pyridine rings is 2. The predicted molar refractivity (Wildman–Crippen MR) is 75.8 cm³/mol. The van der Waals surface area contributed by atoms with Gasteiger partial charge >= 0.3 is 5.97 Å². The number of methoxy groups -OCH3 is 1. The quantitative estimate of drug-likeness (QED) is 0.823. The Balaban J connectivity index is 2.87. The van der Waals surface area contributed by atoms with Gasteiger partial charge in [0.25, 0.3) is 0 Å². The Labute approximate surface area is 121 Å². The first-order valence-electron chi connectivity index (χ1n) is 5.77. The maximum Gasteiger partial charge on any atom is 0.360 e. The van der Waals surface area contributed by atoms with Gasteiger partial charge in [0.2, 0.25) is 10.0 Å². The van der Waals surface area contributed by atoms with Crippen LogP contribution in [0.2, 0.25) is 0 Å². The van der Waals surface area contributed by atoms with Gasteiger partial charge in [-0.25, -0.2) is 18.2 Å². The molecule has 21 heavy (non-hydrogen) atoms. The number of hydrogen-bond donors (Lipinski definition) is 1. The van der Waals surface area contributed by atoms with Crippen LogP contribution in [-0.2, 0) is 14.8 Å². The smallest absolute Gasteiger partial charge is 0.360 e. The van der Waals surface area contributed by atoms with Crippen molar-refractivity contribution >= 4 is 32.7 Å². The summed E-state index contributed by atoms with van der Waals surface area (Å²) in [7, 11) is -1.18. The van der Waals surface area contributed by atoms with Crippen LogP contribution < -0.4 is 4.31 Å². The van der Waals surface area contributed by atoms with Crippen LogP contribution in [0.25, 0.3) is 10.9 Å². The van der Waals surface area contributed by atoms with Crippen LogP contribution in [0.15, 0.2) is 18.3 Å². The van der Waals surface area contributed by atoms with E-state index in [0.717, 1.165) is 17.7 Å². The molecule has 0 fully saturated rings. The van der Waals surface area contributed by atoms with Crippen LogP contribution in [0, 0.1) is 0 Å². The number of anilines is 1. The lowest BCUT2D eigenvalue weighted by Gasteiger charge is -2.18. The zero-order valence-corrected chi connectivity index (χ0v) is 12.4. The third kappa shape index (κ3) is 2.59. The molecule has 0 radical (unpaired) electrons. The van der Waals surface area contributed by atoms with Gasteiger partial charge in [-0.3, -0.25) is 9.29 Å². The van der Waals surface area contributed by atoms with Crippen LogP contribution in [0.1, 0.15) is 10.5 Å². The average molecular weight is 311 g/mol. The lowest BCUT2D eigenvalue weighted by Crippen LogP contribution is -2.26. The van der Waals surface area contributed by atoms with E-state index in [4.69, 9.17) is 0 Å². The molecule has 2 aromatic heterocycles. The Morgan fingerprint density at radius 3 is 2.67 bits per heavy atom. The zero-order chi connectivity index (χ0) is 15.8. The molecule has 2 rings (SSSR count). The molecular weight excluding hydrogens is 298 g/mol. The molecule has 0 amide bonds. The summed E-state index contributed by atoms with van der Waals surface area (Å²) in [5.41, 5.74) is -0.326. The number of carbonyl (C=O) groups is 1. The third-order valence-electron chi connectivity index (χ3n) is 2.89. The zero-order valence-electron chi connectivity index (χ0n) is 11.6. The normalized spacial score (nSPS) is 11.4. The van der Waals surface area contributed by atoms with Crippen LogP contribution in [0.5, 0.6) is 5.75 Å². The summed E-state index contributed by atoms with van der Waals surface area (Å²) in [5.74, 6) is -1.36. The summed E-state index contributed by atoms with van der Waals surface area (Å²) in [5, 5.41) is 10.4. The SMILES string of the molecule is COC(=O)c1nc(N(C)S(C)(=O)=O)c2cccnc2c1O. The minimum absolute atomic E-state index is 0.0150.